The monoisotopic (exact) mass is 425 g/mol. The van der Waals surface area contributed by atoms with Crippen LogP contribution in [0.15, 0.2) is 59.8 Å². The second kappa shape index (κ2) is 11.0. The van der Waals surface area contributed by atoms with Gasteiger partial charge in [0.1, 0.15) is 5.75 Å². The van der Waals surface area contributed by atoms with E-state index in [0.29, 0.717) is 16.3 Å². The number of halogens is 1. The third-order valence-corrected chi connectivity index (χ3v) is 5.60. The number of benzene rings is 2. The van der Waals surface area contributed by atoms with Crippen LogP contribution in [0.25, 0.3) is 0 Å². The van der Waals surface area contributed by atoms with Crippen LogP contribution in [0.5, 0.6) is 5.75 Å². The Morgan fingerprint density at radius 2 is 1.61 bits per heavy atom. The van der Waals surface area contributed by atoms with E-state index in [1.54, 1.807) is 68.4 Å². The van der Waals surface area contributed by atoms with Gasteiger partial charge in [-0.25, -0.2) is 4.79 Å². The molecule has 2 rings (SSSR count). The lowest BCUT2D eigenvalue weighted by Gasteiger charge is -2.18. The number of hydrogen-bond donors (Lipinski definition) is 0. The van der Waals surface area contributed by atoms with Crippen molar-refractivity contribution in [3.05, 3.63) is 65.2 Å². The van der Waals surface area contributed by atoms with Gasteiger partial charge < -0.3 is 18.6 Å². The molecule has 0 unspecified atom stereocenters. The van der Waals surface area contributed by atoms with Gasteiger partial charge >= 0.3 is 13.6 Å². The molecule has 0 bridgehead atoms. The largest absolute Gasteiger partial charge is 0.482 e. The Morgan fingerprint density at radius 3 is 2.18 bits per heavy atom. The third-order valence-electron chi connectivity index (χ3n) is 3.29. The Labute approximate surface area is 168 Å². The highest BCUT2D eigenvalue weighted by molar-refractivity contribution is 7.73. The Balaban J connectivity index is 2.15. The summed E-state index contributed by atoms with van der Waals surface area (Å²) in [7, 11) is -3.77. The van der Waals surface area contributed by atoms with E-state index in [1.165, 1.54) is 0 Å². The van der Waals surface area contributed by atoms with Crippen molar-refractivity contribution in [2.45, 2.75) is 13.8 Å². The molecule has 0 aliphatic carbocycles. The zero-order valence-corrected chi connectivity index (χ0v) is 17.2. The summed E-state index contributed by atoms with van der Waals surface area (Å²) in [6.45, 7) is 3.24. The first-order valence-electron chi connectivity index (χ1n) is 8.59. The van der Waals surface area contributed by atoms with E-state index in [9.17, 15) is 9.36 Å². The Morgan fingerprint density at radius 1 is 1.00 bits per heavy atom. The van der Waals surface area contributed by atoms with E-state index in [0.717, 1.165) is 0 Å². The summed E-state index contributed by atoms with van der Waals surface area (Å²) in [6, 6.07) is 15.1. The fourth-order valence-electron chi connectivity index (χ4n) is 2.14. The van der Waals surface area contributed by atoms with Crippen molar-refractivity contribution in [3.63, 3.8) is 0 Å². The summed E-state index contributed by atoms with van der Waals surface area (Å²) in [4.78, 5) is 16.9. The van der Waals surface area contributed by atoms with Crippen molar-refractivity contribution < 1.29 is 28.0 Å². The lowest BCUT2D eigenvalue weighted by Crippen LogP contribution is -2.15. The van der Waals surface area contributed by atoms with Gasteiger partial charge in [0.25, 0.3) is 0 Å². The van der Waals surface area contributed by atoms with Gasteiger partial charge in [0, 0.05) is 10.6 Å². The molecule has 0 fully saturated rings. The Bertz CT molecular complexity index is 831. The van der Waals surface area contributed by atoms with Crippen LogP contribution in [0.2, 0.25) is 5.02 Å². The van der Waals surface area contributed by atoms with Crippen LogP contribution in [0, 0.1) is 0 Å². The maximum absolute atomic E-state index is 13.1. The van der Waals surface area contributed by atoms with Crippen LogP contribution in [0.1, 0.15) is 19.4 Å². The summed E-state index contributed by atoms with van der Waals surface area (Å²) in [5, 5.41) is 4.33. The van der Waals surface area contributed by atoms with E-state index >= 15 is 0 Å². The highest BCUT2D eigenvalue weighted by atomic mass is 35.5. The topological polar surface area (TPSA) is 83.4 Å². The minimum absolute atomic E-state index is 0.0864. The lowest BCUT2D eigenvalue weighted by molar-refractivity contribution is -0.145. The summed E-state index contributed by atoms with van der Waals surface area (Å²) >= 11 is 5.80. The fraction of sp³-hybridized carbons (Fsp3) is 0.263. The van der Waals surface area contributed by atoms with Crippen molar-refractivity contribution >= 4 is 30.6 Å². The molecule has 0 N–H and O–H groups in total. The highest BCUT2D eigenvalue weighted by Gasteiger charge is 2.34. The molecule has 0 aliphatic heterocycles. The molecule has 0 amide bonds. The van der Waals surface area contributed by atoms with Gasteiger partial charge in [-0.3, -0.25) is 4.57 Å². The van der Waals surface area contributed by atoms with Gasteiger partial charge in [0.15, 0.2) is 12.1 Å². The minimum atomic E-state index is -3.77. The summed E-state index contributed by atoms with van der Waals surface area (Å²) in [5.74, 6) is -0.328. The van der Waals surface area contributed by atoms with Crippen LogP contribution >= 0.6 is 19.2 Å². The molecule has 0 aromatic heterocycles. The van der Waals surface area contributed by atoms with Crippen molar-refractivity contribution in [3.8, 4) is 5.75 Å². The van der Waals surface area contributed by atoms with Crippen molar-refractivity contribution in [2.75, 3.05) is 19.8 Å². The van der Waals surface area contributed by atoms with Gasteiger partial charge in [-0.05, 0) is 38.1 Å². The molecular weight excluding hydrogens is 405 g/mol. The Kier molecular flexibility index (Phi) is 8.67. The first-order chi connectivity index (χ1) is 13.5. The zero-order valence-electron chi connectivity index (χ0n) is 15.5. The fourth-order valence-corrected chi connectivity index (χ4v) is 3.87. The van der Waals surface area contributed by atoms with E-state index in [2.05, 4.69) is 5.16 Å². The molecule has 0 heterocycles. The van der Waals surface area contributed by atoms with E-state index in [-0.39, 0.29) is 25.3 Å². The molecule has 0 saturated carbocycles. The first kappa shape index (κ1) is 22.1. The summed E-state index contributed by atoms with van der Waals surface area (Å²) < 4.78 is 29.1. The average Bonchev–Trinajstić information content (AvgIpc) is 2.69. The van der Waals surface area contributed by atoms with Crippen LogP contribution in [-0.4, -0.2) is 31.2 Å². The molecule has 0 saturated heterocycles. The SMILES string of the molecule is CCOP(=O)(OCC)C(=NOC(=O)COc1ccc(Cl)cc1)c1ccccc1. The number of oxime groups is 1. The first-order valence-corrected chi connectivity index (χ1v) is 10.5. The number of ether oxygens (including phenoxy) is 1. The Hall–Kier alpha value is -2.18. The predicted molar refractivity (Wildman–Crippen MR) is 107 cm³/mol. The number of hydrogen-bond acceptors (Lipinski definition) is 7. The maximum atomic E-state index is 13.1. The average molecular weight is 426 g/mol. The molecule has 150 valence electrons. The number of rotatable bonds is 10. The number of carbonyl (C=O) groups is 1. The summed E-state index contributed by atoms with van der Waals surface area (Å²) in [6.07, 6.45) is 0. The van der Waals surface area contributed by atoms with Crippen LogP contribution in [0.3, 0.4) is 0 Å². The molecule has 28 heavy (non-hydrogen) atoms. The summed E-state index contributed by atoms with van der Waals surface area (Å²) in [5.41, 5.74) is 0.371. The lowest BCUT2D eigenvalue weighted by atomic mass is 10.2. The van der Waals surface area contributed by atoms with E-state index < -0.39 is 13.6 Å². The minimum Gasteiger partial charge on any atom is -0.482 e. The second-order valence-corrected chi connectivity index (χ2v) is 7.69. The molecule has 0 aliphatic rings. The van der Waals surface area contributed by atoms with Crippen molar-refractivity contribution in [1.29, 1.82) is 0 Å². The second-order valence-electron chi connectivity index (χ2n) is 5.32. The number of carbonyl (C=O) groups excluding carboxylic acids is 1. The predicted octanol–water partition coefficient (Wildman–Crippen LogP) is 4.89. The molecule has 9 heteroatoms. The van der Waals surface area contributed by atoms with E-state index in [1.807, 2.05) is 0 Å². The van der Waals surface area contributed by atoms with Crippen LogP contribution in [0.4, 0.5) is 0 Å². The van der Waals surface area contributed by atoms with Crippen molar-refractivity contribution in [2.24, 2.45) is 5.16 Å². The quantitative estimate of drug-likeness (QED) is 0.233. The normalized spacial score (nSPS) is 11.9. The third kappa shape index (κ3) is 6.46. The van der Waals surface area contributed by atoms with Gasteiger partial charge in [0.2, 0.25) is 0 Å². The maximum Gasteiger partial charge on any atom is 0.383 e. The molecule has 0 spiro atoms. The highest BCUT2D eigenvalue weighted by Crippen LogP contribution is 2.51. The zero-order chi connectivity index (χ0) is 20.4. The molecular formula is C19H21ClNO6P. The molecule has 2 aromatic rings. The van der Waals surface area contributed by atoms with Gasteiger partial charge in [-0.15, -0.1) is 0 Å². The molecule has 0 radical (unpaired) electrons. The number of nitrogens with zero attached hydrogens (tertiary/aromatic N) is 1. The standard InChI is InChI=1S/C19H21ClNO6P/c1-3-25-28(23,26-4-2)19(15-8-6-5-7-9-15)21-27-18(22)14-24-17-12-10-16(20)11-13-17/h5-13H,3-4,14H2,1-2H3. The molecule has 0 atom stereocenters. The van der Waals surface area contributed by atoms with Gasteiger partial charge in [-0.2, -0.15) is 0 Å². The van der Waals surface area contributed by atoms with Crippen LogP contribution < -0.4 is 4.74 Å². The van der Waals surface area contributed by atoms with Gasteiger partial charge in [0.05, 0.1) is 13.2 Å². The van der Waals surface area contributed by atoms with E-state index in [4.69, 9.17) is 30.2 Å². The van der Waals surface area contributed by atoms with Crippen molar-refractivity contribution in [1.82, 2.24) is 0 Å². The molecule has 7 nitrogen and oxygen atoms in total. The van der Waals surface area contributed by atoms with Gasteiger partial charge in [-0.1, -0.05) is 47.1 Å². The molecule has 2 aromatic carbocycles. The smallest absolute Gasteiger partial charge is 0.383 e. The van der Waals surface area contributed by atoms with Crippen LogP contribution in [-0.2, 0) is 23.2 Å².